The van der Waals surface area contributed by atoms with Gasteiger partial charge in [0.15, 0.2) is 0 Å². The topological polar surface area (TPSA) is 45.2 Å². The Morgan fingerprint density at radius 2 is 1.92 bits per heavy atom. The van der Waals surface area contributed by atoms with Crippen molar-refractivity contribution < 1.29 is 4.79 Å². The molecule has 1 aliphatic carbocycles. The summed E-state index contributed by atoms with van der Waals surface area (Å²) in [6.07, 6.45) is 6.72. The summed E-state index contributed by atoms with van der Waals surface area (Å²) in [5, 5.41) is 3.28. The van der Waals surface area contributed by atoms with Crippen LogP contribution in [-0.4, -0.2) is 34.9 Å². The van der Waals surface area contributed by atoms with Crippen molar-refractivity contribution in [2.24, 2.45) is 5.92 Å². The highest BCUT2D eigenvalue weighted by atomic mass is 16.2. The van der Waals surface area contributed by atoms with E-state index >= 15 is 0 Å². The summed E-state index contributed by atoms with van der Waals surface area (Å²) < 4.78 is 0. The van der Waals surface area contributed by atoms with Crippen molar-refractivity contribution in [1.29, 1.82) is 0 Å². The average molecular weight is 335 g/mol. The fraction of sp³-hybridized carbons (Fsp3) is 0.429. The number of rotatable bonds is 5. The first-order valence-corrected chi connectivity index (χ1v) is 9.26. The molecular formula is C21H25N3O. The molecule has 0 spiro atoms. The Kier molecular flexibility index (Phi) is 4.79. The molecule has 4 heteroatoms. The summed E-state index contributed by atoms with van der Waals surface area (Å²) >= 11 is 0. The van der Waals surface area contributed by atoms with Gasteiger partial charge in [-0.2, -0.15) is 0 Å². The molecule has 1 aromatic carbocycles. The molecule has 2 aromatic rings. The highest BCUT2D eigenvalue weighted by molar-refractivity contribution is 5.83. The summed E-state index contributed by atoms with van der Waals surface area (Å²) in [4.78, 5) is 19.1. The number of hydrogen-bond donors (Lipinski definition) is 1. The van der Waals surface area contributed by atoms with Gasteiger partial charge in [-0.3, -0.25) is 14.7 Å². The van der Waals surface area contributed by atoms with Crippen LogP contribution >= 0.6 is 0 Å². The normalized spacial score (nSPS) is 24.0. The number of likely N-dealkylation sites (tertiary alicyclic amines) is 1. The van der Waals surface area contributed by atoms with Gasteiger partial charge in [0.2, 0.25) is 5.91 Å². The molecule has 2 heterocycles. The van der Waals surface area contributed by atoms with Crippen molar-refractivity contribution in [2.75, 3.05) is 13.1 Å². The Labute approximate surface area is 149 Å². The van der Waals surface area contributed by atoms with Crippen LogP contribution in [-0.2, 0) is 11.3 Å². The first kappa shape index (κ1) is 16.3. The van der Waals surface area contributed by atoms with Crippen molar-refractivity contribution in [3.63, 3.8) is 0 Å². The number of amides is 1. The maximum atomic E-state index is 12.5. The number of nitrogens with one attached hydrogen (secondary N) is 1. The number of hydrogen-bond acceptors (Lipinski definition) is 3. The van der Waals surface area contributed by atoms with Crippen LogP contribution in [0.1, 0.15) is 36.3 Å². The van der Waals surface area contributed by atoms with E-state index in [-0.39, 0.29) is 11.8 Å². The minimum atomic E-state index is 0.145. The van der Waals surface area contributed by atoms with E-state index < -0.39 is 0 Å². The Morgan fingerprint density at radius 3 is 2.64 bits per heavy atom. The van der Waals surface area contributed by atoms with Gasteiger partial charge >= 0.3 is 0 Å². The highest BCUT2D eigenvalue weighted by Crippen LogP contribution is 2.47. The smallest absolute Gasteiger partial charge is 0.223 e. The van der Waals surface area contributed by atoms with E-state index in [0.29, 0.717) is 12.0 Å². The molecule has 1 aliphatic heterocycles. The highest BCUT2D eigenvalue weighted by Gasteiger charge is 2.44. The second kappa shape index (κ2) is 7.36. The van der Waals surface area contributed by atoms with Crippen molar-refractivity contribution >= 4 is 5.91 Å². The summed E-state index contributed by atoms with van der Waals surface area (Å²) in [6.45, 7) is 3.11. The predicted octanol–water partition coefficient (Wildman–Crippen LogP) is 2.97. The van der Waals surface area contributed by atoms with Crippen molar-refractivity contribution in [2.45, 2.75) is 37.8 Å². The van der Waals surface area contributed by atoms with Gasteiger partial charge < -0.3 is 5.32 Å². The standard InChI is InChI=1S/C21H25N3O/c25-21(20-13-19(20)17-7-4-10-22-14-17)23-18-8-11-24(12-9-18)15-16-5-2-1-3-6-16/h1-7,10,14,18-20H,8-9,11-13,15H2,(H,23,25)/t19-,20+/m0/s1. The minimum Gasteiger partial charge on any atom is -0.353 e. The van der Waals surface area contributed by atoms with E-state index in [1.54, 1.807) is 6.20 Å². The molecule has 0 unspecified atom stereocenters. The lowest BCUT2D eigenvalue weighted by molar-refractivity contribution is -0.123. The van der Waals surface area contributed by atoms with Gasteiger partial charge in [0.1, 0.15) is 0 Å². The molecule has 0 bridgehead atoms. The Bertz CT molecular complexity index is 696. The van der Waals surface area contributed by atoms with Crippen LogP contribution in [0, 0.1) is 5.92 Å². The molecule has 1 aromatic heterocycles. The lowest BCUT2D eigenvalue weighted by Crippen LogP contribution is -2.44. The summed E-state index contributed by atoms with van der Waals surface area (Å²) in [7, 11) is 0. The monoisotopic (exact) mass is 335 g/mol. The molecule has 4 nitrogen and oxygen atoms in total. The van der Waals surface area contributed by atoms with E-state index in [1.165, 1.54) is 11.1 Å². The number of pyridine rings is 1. The van der Waals surface area contributed by atoms with Gasteiger partial charge in [0.05, 0.1) is 0 Å². The van der Waals surface area contributed by atoms with E-state index in [4.69, 9.17) is 0 Å². The zero-order valence-electron chi connectivity index (χ0n) is 14.5. The van der Waals surface area contributed by atoms with Gasteiger partial charge in [-0.1, -0.05) is 36.4 Å². The Morgan fingerprint density at radius 1 is 1.12 bits per heavy atom. The van der Waals surface area contributed by atoms with Crippen LogP contribution < -0.4 is 5.32 Å². The van der Waals surface area contributed by atoms with Crippen LogP contribution in [0.25, 0.3) is 0 Å². The average Bonchev–Trinajstić information content (AvgIpc) is 3.46. The lowest BCUT2D eigenvalue weighted by Gasteiger charge is -2.32. The molecule has 2 atom stereocenters. The van der Waals surface area contributed by atoms with E-state index in [9.17, 15) is 4.79 Å². The number of piperidine rings is 1. The minimum absolute atomic E-state index is 0.145. The van der Waals surface area contributed by atoms with Gasteiger partial charge in [-0.15, -0.1) is 0 Å². The van der Waals surface area contributed by atoms with E-state index in [0.717, 1.165) is 38.9 Å². The van der Waals surface area contributed by atoms with Gasteiger partial charge in [-0.25, -0.2) is 0 Å². The van der Waals surface area contributed by atoms with Crippen LogP contribution in [0.5, 0.6) is 0 Å². The fourth-order valence-electron chi connectivity index (χ4n) is 3.83. The van der Waals surface area contributed by atoms with E-state index in [2.05, 4.69) is 51.6 Å². The first-order valence-electron chi connectivity index (χ1n) is 9.26. The Balaban J connectivity index is 1.22. The largest absolute Gasteiger partial charge is 0.353 e. The second-order valence-electron chi connectivity index (χ2n) is 7.28. The summed E-state index contributed by atoms with van der Waals surface area (Å²) in [6, 6.07) is 15.0. The van der Waals surface area contributed by atoms with Crippen LogP contribution in [0.3, 0.4) is 0 Å². The number of nitrogens with zero attached hydrogens (tertiary/aromatic N) is 2. The fourth-order valence-corrected chi connectivity index (χ4v) is 3.83. The molecule has 130 valence electrons. The molecular weight excluding hydrogens is 310 g/mol. The maximum absolute atomic E-state index is 12.5. The Hall–Kier alpha value is -2.20. The third-order valence-electron chi connectivity index (χ3n) is 5.42. The number of carbonyl (C=O) groups excluding carboxylic acids is 1. The van der Waals surface area contributed by atoms with Gasteiger partial charge in [0.25, 0.3) is 0 Å². The van der Waals surface area contributed by atoms with Crippen molar-refractivity contribution in [1.82, 2.24) is 15.2 Å². The molecule has 1 amide bonds. The third-order valence-corrected chi connectivity index (χ3v) is 5.42. The number of aromatic nitrogens is 1. The lowest BCUT2D eigenvalue weighted by atomic mass is 10.0. The molecule has 1 saturated carbocycles. The molecule has 0 radical (unpaired) electrons. The maximum Gasteiger partial charge on any atom is 0.223 e. The van der Waals surface area contributed by atoms with Crippen LogP contribution in [0.2, 0.25) is 0 Å². The number of carbonyl (C=O) groups is 1. The SMILES string of the molecule is O=C(NC1CCN(Cc2ccccc2)CC1)[C@@H]1C[C@H]1c1cccnc1. The number of benzene rings is 1. The van der Waals surface area contributed by atoms with E-state index in [1.807, 2.05) is 12.3 Å². The van der Waals surface area contributed by atoms with Gasteiger partial charge in [0, 0.05) is 44.0 Å². The molecule has 4 rings (SSSR count). The van der Waals surface area contributed by atoms with Crippen molar-refractivity contribution in [3.8, 4) is 0 Å². The predicted molar refractivity (Wildman–Crippen MR) is 98.0 cm³/mol. The molecule has 2 aliphatic rings. The van der Waals surface area contributed by atoms with Crippen molar-refractivity contribution in [3.05, 3.63) is 66.0 Å². The van der Waals surface area contributed by atoms with Gasteiger partial charge in [-0.05, 0) is 42.4 Å². The summed E-state index contributed by atoms with van der Waals surface area (Å²) in [5.41, 5.74) is 2.56. The zero-order chi connectivity index (χ0) is 17.1. The second-order valence-corrected chi connectivity index (χ2v) is 7.28. The molecule has 25 heavy (non-hydrogen) atoms. The third kappa shape index (κ3) is 4.07. The van der Waals surface area contributed by atoms with Crippen LogP contribution in [0.4, 0.5) is 0 Å². The summed E-state index contributed by atoms with van der Waals surface area (Å²) in [5.74, 6) is 0.744. The first-order chi connectivity index (χ1) is 12.3. The quantitative estimate of drug-likeness (QED) is 0.914. The molecule has 2 fully saturated rings. The molecule has 1 N–H and O–H groups in total. The van der Waals surface area contributed by atoms with Crippen LogP contribution in [0.15, 0.2) is 54.9 Å². The zero-order valence-corrected chi connectivity index (χ0v) is 14.5. The molecule has 1 saturated heterocycles.